The van der Waals surface area contributed by atoms with E-state index in [9.17, 15) is 5.11 Å². The molecule has 0 aliphatic heterocycles. The predicted molar refractivity (Wildman–Crippen MR) is 57.1 cm³/mol. The summed E-state index contributed by atoms with van der Waals surface area (Å²) in [7, 11) is 0. The molecule has 1 aromatic rings. The Labute approximate surface area is 83.4 Å². The third kappa shape index (κ3) is 3.46. The fourth-order valence-corrected chi connectivity index (χ4v) is 2.28. The van der Waals surface area contributed by atoms with E-state index < -0.39 is 0 Å². The van der Waals surface area contributed by atoms with Crippen molar-refractivity contribution in [1.82, 2.24) is 0 Å². The highest BCUT2D eigenvalue weighted by atomic mass is 32.1. The number of hydrogen-bond acceptors (Lipinski definition) is 3. The maximum absolute atomic E-state index is 9.51. The molecule has 1 rings (SSSR count). The maximum Gasteiger partial charge on any atom is 0.0600 e. The quantitative estimate of drug-likeness (QED) is 0.756. The van der Waals surface area contributed by atoms with Crippen LogP contribution < -0.4 is 5.73 Å². The molecule has 1 heterocycles. The molecular formula is C10H17NOS. The van der Waals surface area contributed by atoms with Crippen LogP contribution in [0.4, 0.5) is 0 Å². The Hall–Kier alpha value is -0.380. The van der Waals surface area contributed by atoms with Gasteiger partial charge in [-0.25, -0.2) is 0 Å². The number of nitrogens with two attached hydrogens (primary N) is 1. The van der Waals surface area contributed by atoms with Crippen molar-refractivity contribution in [1.29, 1.82) is 0 Å². The molecular weight excluding hydrogens is 182 g/mol. The first kappa shape index (κ1) is 10.7. The molecule has 3 heteroatoms. The molecule has 3 N–H and O–H groups in total. The van der Waals surface area contributed by atoms with E-state index in [-0.39, 0.29) is 6.10 Å². The van der Waals surface area contributed by atoms with Gasteiger partial charge in [0.05, 0.1) is 6.10 Å². The minimum Gasteiger partial charge on any atom is -0.393 e. The topological polar surface area (TPSA) is 46.2 Å². The van der Waals surface area contributed by atoms with Crippen molar-refractivity contribution in [3.8, 4) is 0 Å². The largest absolute Gasteiger partial charge is 0.393 e. The van der Waals surface area contributed by atoms with Gasteiger partial charge in [0.25, 0.3) is 0 Å². The second kappa shape index (κ2) is 5.37. The lowest BCUT2D eigenvalue weighted by molar-refractivity contribution is 0.168. The Morgan fingerprint density at radius 1 is 1.46 bits per heavy atom. The summed E-state index contributed by atoms with van der Waals surface area (Å²) in [5, 5.41) is 9.51. The molecule has 0 bridgehead atoms. The fraction of sp³-hybridized carbons (Fsp3) is 0.600. The molecule has 0 aromatic carbocycles. The van der Waals surface area contributed by atoms with E-state index in [4.69, 9.17) is 5.73 Å². The first-order valence-corrected chi connectivity index (χ1v) is 5.53. The summed E-state index contributed by atoms with van der Waals surface area (Å²) in [4.78, 5) is 2.65. The standard InChI is InChI=1S/C10H17NOS/c1-2-9-3-4-10(13-9)7-8(12)5-6-11/h3-4,8,12H,2,5-7,11H2,1H3. The summed E-state index contributed by atoms with van der Waals surface area (Å²) in [5.41, 5.74) is 5.36. The minimum atomic E-state index is -0.270. The Morgan fingerprint density at radius 2 is 2.15 bits per heavy atom. The van der Waals surface area contributed by atoms with Gasteiger partial charge >= 0.3 is 0 Å². The second-order valence-electron chi connectivity index (χ2n) is 3.16. The third-order valence-electron chi connectivity index (χ3n) is 2.00. The molecule has 0 fully saturated rings. The van der Waals surface area contributed by atoms with Gasteiger partial charge in [0.15, 0.2) is 0 Å². The van der Waals surface area contributed by atoms with Crippen molar-refractivity contribution in [2.75, 3.05) is 6.54 Å². The Morgan fingerprint density at radius 3 is 2.69 bits per heavy atom. The van der Waals surface area contributed by atoms with Crippen LogP contribution >= 0.6 is 11.3 Å². The average molecular weight is 199 g/mol. The number of aliphatic hydroxyl groups is 1. The van der Waals surface area contributed by atoms with Gasteiger partial charge in [-0.2, -0.15) is 0 Å². The molecule has 0 radical (unpaired) electrons. The van der Waals surface area contributed by atoms with Crippen LogP contribution in [0.1, 0.15) is 23.1 Å². The Bertz CT molecular complexity index is 247. The lowest BCUT2D eigenvalue weighted by atomic mass is 10.1. The van der Waals surface area contributed by atoms with Gasteiger partial charge in [-0.15, -0.1) is 11.3 Å². The SMILES string of the molecule is CCc1ccc(CC(O)CCN)s1. The van der Waals surface area contributed by atoms with Gasteiger partial charge in [-0.05, 0) is 31.5 Å². The highest BCUT2D eigenvalue weighted by Gasteiger charge is 2.06. The maximum atomic E-state index is 9.51. The van der Waals surface area contributed by atoms with Gasteiger partial charge in [0.2, 0.25) is 0 Å². The molecule has 1 aromatic heterocycles. The number of aryl methyl sites for hydroxylation is 1. The van der Waals surface area contributed by atoms with Crippen LogP contribution in [0.3, 0.4) is 0 Å². The van der Waals surface area contributed by atoms with Crippen LogP contribution in [-0.2, 0) is 12.8 Å². The smallest absolute Gasteiger partial charge is 0.0600 e. The van der Waals surface area contributed by atoms with E-state index in [1.807, 2.05) is 0 Å². The Kier molecular flexibility index (Phi) is 4.42. The first-order valence-electron chi connectivity index (χ1n) is 4.72. The summed E-state index contributed by atoms with van der Waals surface area (Å²) in [6.07, 6.45) is 2.26. The van der Waals surface area contributed by atoms with Crippen molar-refractivity contribution in [3.63, 3.8) is 0 Å². The third-order valence-corrected chi connectivity index (χ3v) is 3.25. The Balaban J connectivity index is 2.44. The summed E-state index contributed by atoms with van der Waals surface area (Å²) in [6, 6.07) is 4.23. The molecule has 0 spiro atoms. The molecule has 74 valence electrons. The van der Waals surface area contributed by atoms with E-state index in [0.717, 1.165) is 12.8 Å². The lowest BCUT2D eigenvalue weighted by Crippen LogP contribution is -2.15. The lowest BCUT2D eigenvalue weighted by Gasteiger charge is -2.06. The number of aliphatic hydroxyl groups excluding tert-OH is 1. The van der Waals surface area contributed by atoms with E-state index in [0.29, 0.717) is 13.0 Å². The summed E-state index contributed by atoms with van der Waals surface area (Å²) >= 11 is 1.79. The van der Waals surface area contributed by atoms with Crippen LogP contribution in [0.5, 0.6) is 0 Å². The average Bonchev–Trinajstić information content (AvgIpc) is 2.52. The zero-order valence-corrected chi connectivity index (χ0v) is 8.81. The molecule has 0 saturated heterocycles. The highest BCUT2D eigenvalue weighted by Crippen LogP contribution is 2.18. The molecule has 1 unspecified atom stereocenters. The van der Waals surface area contributed by atoms with E-state index in [2.05, 4.69) is 19.1 Å². The number of hydrogen-bond donors (Lipinski definition) is 2. The van der Waals surface area contributed by atoms with Gasteiger partial charge in [0, 0.05) is 16.2 Å². The summed E-state index contributed by atoms with van der Waals surface area (Å²) in [5.74, 6) is 0. The van der Waals surface area contributed by atoms with Crippen LogP contribution in [0, 0.1) is 0 Å². The van der Waals surface area contributed by atoms with Gasteiger partial charge < -0.3 is 10.8 Å². The van der Waals surface area contributed by atoms with Crippen molar-refractivity contribution in [3.05, 3.63) is 21.9 Å². The first-order chi connectivity index (χ1) is 6.26. The molecule has 1 atom stereocenters. The van der Waals surface area contributed by atoms with Gasteiger partial charge in [-0.1, -0.05) is 6.92 Å². The number of thiophene rings is 1. The van der Waals surface area contributed by atoms with Gasteiger partial charge in [0.1, 0.15) is 0 Å². The minimum absolute atomic E-state index is 0.270. The fourth-order valence-electron chi connectivity index (χ4n) is 1.25. The van der Waals surface area contributed by atoms with Crippen LogP contribution in [0.2, 0.25) is 0 Å². The van der Waals surface area contributed by atoms with Gasteiger partial charge in [-0.3, -0.25) is 0 Å². The molecule has 0 amide bonds. The molecule has 13 heavy (non-hydrogen) atoms. The highest BCUT2D eigenvalue weighted by molar-refractivity contribution is 7.11. The van der Waals surface area contributed by atoms with Crippen molar-refractivity contribution in [2.24, 2.45) is 5.73 Å². The van der Waals surface area contributed by atoms with Crippen molar-refractivity contribution in [2.45, 2.75) is 32.3 Å². The second-order valence-corrected chi connectivity index (χ2v) is 4.41. The van der Waals surface area contributed by atoms with Crippen molar-refractivity contribution >= 4 is 11.3 Å². The normalized spacial score (nSPS) is 13.2. The van der Waals surface area contributed by atoms with E-state index in [1.54, 1.807) is 11.3 Å². The summed E-state index contributed by atoms with van der Waals surface area (Å²) < 4.78 is 0. The zero-order chi connectivity index (χ0) is 9.68. The molecule has 0 saturated carbocycles. The number of rotatable bonds is 5. The van der Waals surface area contributed by atoms with E-state index >= 15 is 0 Å². The van der Waals surface area contributed by atoms with E-state index in [1.165, 1.54) is 9.75 Å². The van der Waals surface area contributed by atoms with Crippen LogP contribution in [-0.4, -0.2) is 17.8 Å². The molecule has 0 aliphatic carbocycles. The predicted octanol–water partition coefficient (Wildman–Crippen LogP) is 1.56. The van der Waals surface area contributed by atoms with Crippen molar-refractivity contribution < 1.29 is 5.11 Å². The summed E-state index contributed by atoms with van der Waals surface area (Å²) in [6.45, 7) is 2.71. The molecule has 2 nitrogen and oxygen atoms in total. The zero-order valence-electron chi connectivity index (χ0n) is 7.99. The monoisotopic (exact) mass is 199 g/mol. The van der Waals surface area contributed by atoms with Crippen LogP contribution in [0.15, 0.2) is 12.1 Å². The van der Waals surface area contributed by atoms with Crippen LogP contribution in [0.25, 0.3) is 0 Å². The molecule has 0 aliphatic rings.